The first kappa shape index (κ1) is 13.2. The quantitative estimate of drug-likeness (QED) is 0.906. The van der Waals surface area contributed by atoms with Crippen LogP contribution in [0.25, 0.3) is 0 Å². The summed E-state index contributed by atoms with van der Waals surface area (Å²) in [6.45, 7) is 5.81. The summed E-state index contributed by atoms with van der Waals surface area (Å²) in [5, 5.41) is 3.32. The molecule has 3 heteroatoms. The van der Waals surface area contributed by atoms with Gasteiger partial charge in [-0.25, -0.2) is 0 Å². The summed E-state index contributed by atoms with van der Waals surface area (Å²) in [5.41, 5.74) is 0.432. The van der Waals surface area contributed by atoms with Gasteiger partial charge >= 0.3 is 0 Å². The van der Waals surface area contributed by atoms with Crippen LogP contribution in [0.3, 0.4) is 0 Å². The first-order valence-corrected chi connectivity index (χ1v) is 7.20. The molecule has 0 bridgehead atoms. The van der Waals surface area contributed by atoms with E-state index in [0.29, 0.717) is 17.3 Å². The smallest absolute Gasteiger partial charge is 0.121 e. The summed E-state index contributed by atoms with van der Waals surface area (Å²) in [4.78, 5) is 0. The fraction of sp³-hybridized carbons (Fsp3) is 0.714. The number of furan rings is 1. The number of rotatable bonds is 3. The van der Waals surface area contributed by atoms with Gasteiger partial charge in [0.05, 0.1) is 10.7 Å². The van der Waals surface area contributed by atoms with Gasteiger partial charge in [0.15, 0.2) is 0 Å². The predicted octanol–water partition coefficient (Wildman–Crippen LogP) is 4.17. The zero-order valence-electron chi connectivity index (χ0n) is 10.9. The molecule has 1 saturated carbocycles. The molecule has 17 heavy (non-hydrogen) atoms. The Morgan fingerprint density at radius 1 is 1.53 bits per heavy atom. The Morgan fingerprint density at radius 3 is 2.88 bits per heavy atom. The lowest BCUT2D eigenvalue weighted by Crippen LogP contribution is -2.33. The molecule has 0 saturated heterocycles. The van der Waals surface area contributed by atoms with E-state index < -0.39 is 0 Å². The van der Waals surface area contributed by atoms with E-state index >= 15 is 0 Å². The van der Waals surface area contributed by atoms with Crippen LogP contribution in [0.15, 0.2) is 21.2 Å². The summed E-state index contributed by atoms with van der Waals surface area (Å²) in [5.74, 6) is 2.36. The molecule has 2 nitrogen and oxygen atoms in total. The molecule has 1 fully saturated rings. The molecule has 1 heterocycles. The lowest BCUT2D eigenvalue weighted by atomic mass is 9.66. The number of hydrogen-bond donors (Lipinski definition) is 1. The maximum Gasteiger partial charge on any atom is 0.121 e. The topological polar surface area (TPSA) is 25.2 Å². The first-order chi connectivity index (χ1) is 8.03. The molecule has 0 amide bonds. The van der Waals surface area contributed by atoms with Gasteiger partial charge in [0, 0.05) is 5.92 Å². The van der Waals surface area contributed by atoms with Crippen LogP contribution in [0, 0.1) is 11.3 Å². The first-order valence-electron chi connectivity index (χ1n) is 6.41. The molecule has 0 aromatic carbocycles. The molecule has 0 aliphatic heterocycles. The second-order valence-electron chi connectivity index (χ2n) is 5.96. The van der Waals surface area contributed by atoms with Crippen molar-refractivity contribution in [1.82, 2.24) is 5.32 Å². The van der Waals surface area contributed by atoms with Crippen LogP contribution >= 0.6 is 15.9 Å². The molecule has 0 spiro atoms. The summed E-state index contributed by atoms with van der Waals surface area (Å²) in [6, 6.07) is 2.01. The Morgan fingerprint density at radius 2 is 2.29 bits per heavy atom. The van der Waals surface area contributed by atoms with Crippen molar-refractivity contribution in [1.29, 1.82) is 0 Å². The van der Waals surface area contributed by atoms with Crippen LogP contribution in [0.1, 0.15) is 44.8 Å². The van der Waals surface area contributed by atoms with Gasteiger partial charge in [-0.1, -0.05) is 13.8 Å². The number of nitrogens with one attached hydrogen (secondary N) is 1. The maximum atomic E-state index is 5.70. The third kappa shape index (κ3) is 2.94. The zero-order chi connectivity index (χ0) is 12.5. The second kappa shape index (κ2) is 5.15. The van der Waals surface area contributed by atoms with E-state index in [2.05, 4.69) is 35.1 Å². The molecule has 1 aromatic rings. The van der Waals surface area contributed by atoms with E-state index in [0.717, 1.165) is 16.8 Å². The Balaban J connectivity index is 2.22. The molecular weight excluding hydrogens is 278 g/mol. The van der Waals surface area contributed by atoms with E-state index in [-0.39, 0.29) is 0 Å². The lowest BCUT2D eigenvalue weighted by Gasteiger charge is -2.40. The van der Waals surface area contributed by atoms with Crippen LogP contribution in [-0.4, -0.2) is 13.6 Å². The largest absolute Gasteiger partial charge is 0.468 e. The molecule has 1 aliphatic carbocycles. The number of hydrogen-bond acceptors (Lipinski definition) is 2. The molecule has 0 radical (unpaired) electrons. The zero-order valence-corrected chi connectivity index (χ0v) is 12.5. The van der Waals surface area contributed by atoms with Crippen LogP contribution in [0.4, 0.5) is 0 Å². The monoisotopic (exact) mass is 299 g/mol. The van der Waals surface area contributed by atoms with Gasteiger partial charge in [-0.2, -0.15) is 0 Å². The van der Waals surface area contributed by atoms with Crippen molar-refractivity contribution in [3.05, 3.63) is 22.6 Å². The SMILES string of the molecule is CNCC1CCC(C)(C)CC1c1occc1Br. The maximum absolute atomic E-state index is 5.70. The van der Waals surface area contributed by atoms with Crippen LogP contribution in [0.2, 0.25) is 0 Å². The third-order valence-electron chi connectivity index (χ3n) is 3.98. The fourth-order valence-electron chi connectivity index (χ4n) is 3.02. The van der Waals surface area contributed by atoms with E-state index in [4.69, 9.17) is 4.42 Å². The van der Waals surface area contributed by atoms with Gasteiger partial charge in [0.25, 0.3) is 0 Å². The normalized spacial score (nSPS) is 28.2. The van der Waals surface area contributed by atoms with E-state index in [1.165, 1.54) is 19.3 Å². The van der Waals surface area contributed by atoms with Crippen molar-refractivity contribution in [2.75, 3.05) is 13.6 Å². The lowest BCUT2D eigenvalue weighted by molar-refractivity contribution is 0.147. The summed E-state index contributed by atoms with van der Waals surface area (Å²) >= 11 is 3.60. The van der Waals surface area contributed by atoms with Crippen LogP contribution in [0.5, 0.6) is 0 Å². The highest BCUT2D eigenvalue weighted by Gasteiger charge is 2.37. The highest BCUT2D eigenvalue weighted by Crippen LogP contribution is 2.48. The molecule has 96 valence electrons. The fourth-order valence-corrected chi connectivity index (χ4v) is 3.52. The predicted molar refractivity (Wildman–Crippen MR) is 74.2 cm³/mol. The minimum absolute atomic E-state index is 0.432. The minimum atomic E-state index is 0.432. The van der Waals surface area contributed by atoms with E-state index in [1.54, 1.807) is 6.26 Å². The molecule has 2 rings (SSSR count). The Labute approximate surface area is 112 Å². The molecule has 1 aliphatic rings. The van der Waals surface area contributed by atoms with E-state index in [1.807, 2.05) is 13.1 Å². The molecule has 2 atom stereocenters. The third-order valence-corrected chi connectivity index (χ3v) is 4.64. The average Bonchev–Trinajstić information content (AvgIpc) is 2.67. The molecule has 1 N–H and O–H groups in total. The summed E-state index contributed by atoms with van der Waals surface area (Å²) in [6.07, 6.45) is 5.60. The van der Waals surface area contributed by atoms with Gasteiger partial charge < -0.3 is 9.73 Å². The standard InChI is InChI=1S/C14H22BrNO/c1-14(2)6-4-10(9-16-3)11(8-14)13-12(15)5-7-17-13/h5,7,10-11,16H,4,6,8-9H2,1-3H3. The Bertz CT molecular complexity index is 372. The van der Waals surface area contributed by atoms with Crippen molar-refractivity contribution < 1.29 is 4.42 Å². The average molecular weight is 300 g/mol. The van der Waals surface area contributed by atoms with Crippen molar-refractivity contribution in [3.63, 3.8) is 0 Å². The van der Waals surface area contributed by atoms with Gasteiger partial charge in [-0.3, -0.25) is 0 Å². The van der Waals surface area contributed by atoms with Gasteiger partial charge in [0.1, 0.15) is 5.76 Å². The summed E-state index contributed by atoms with van der Waals surface area (Å²) < 4.78 is 6.83. The molecule has 2 unspecified atom stereocenters. The highest BCUT2D eigenvalue weighted by molar-refractivity contribution is 9.10. The van der Waals surface area contributed by atoms with Gasteiger partial charge in [-0.15, -0.1) is 0 Å². The summed E-state index contributed by atoms with van der Waals surface area (Å²) in [7, 11) is 2.04. The van der Waals surface area contributed by atoms with Crippen molar-refractivity contribution in [2.45, 2.75) is 39.0 Å². The minimum Gasteiger partial charge on any atom is -0.468 e. The van der Waals surface area contributed by atoms with Crippen molar-refractivity contribution >= 4 is 15.9 Å². The van der Waals surface area contributed by atoms with Crippen LogP contribution < -0.4 is 5.32 Å². The van der Waals surface area contributed by atoms with Gasteiger partial charge in [0.2, 0.25) is 0 Å². The Kier molecular flexibility index (Phi) is 3.99. The van der Waals surface area contributed by atoms with Crippen molar-refractivity contribution in [2.24, 2.45) is 11.3 Å². The molecular formula is C14H22BrNO. The second-order valence-corrected chi connectivity index (χ2v) is 6.82. The number of halogens is 1. The van der Waals surface area contributed by atoms with Crippen LogP contribution in [-0.2, 0) is 0 Å². The van der Waals surface area contributed by atoms with Gasteiger partial charge in [-0.05, 0) is 66.2 Å². The highest BCUT2D eigenvalue weighted by atomic mass is 79.9. The Hall–Kier alpha value is -0.280. The van der Waals surface area contributed by atoms with Crippen molar-refractivity contribution in [3.8, 4) is 0 Å². The molecule has 1 aromatic heterocycles. The van der Waals surface area contributed by atoms with E-state index in [9.17, 15) is 0 Å².